The molecule has 7 unspecified atom stereocenters. The van der Waals surface area contributed by atoms with Gasteiger partial charge in [0.1, 0.15) is 36.8 Å². The highest BCUT2D eigenvalue weighted by Crippen LogP contribution is 2.32. The number of carbonyl (C=O) groups is 2. The van der Waals surface area contributed by atoms with Crippen LogP contribution in [0.4, 0.5) is 4.79 Å². The molecule has 3 heterocycles. The lowest BCUT2D eigenvalue weighted by Crippen LogP contribution is -2.71. The van der Waals surface area contributed by atoms with Gasteiger partial charge in [-0.25, -0.2) is 4.79 Å². The molecule has 3 amide bonds. The van der Waals surface area contributed by atoms with Gasteiger partial charge in [-0.3, -0.25) is 20.7 Å². The van der Waals surface area contributed by atoms with E-state index in [9.17, 15) is 24.9 Å². The first-order valence-corrected chi connectivity index (χ1v) is 7.55. The Morgan fingerprint density at radius 2 is 2.04 bits per heavy atom. The maximum atomic E-state index is 12.8. The van der Waals surface area contributed by atoms with Crippen molar-refractivity contribution in [3.63, 3.8) is 0 Å². The minimum Gasteiger partial charge on any atom is -0.394 e. The van der Waals surface area contributed by atoms with Crippen molar-refractivity contribution in [3.8, 4) is 0 Å². The highest BCUT2D eigenvalue weighted by Gasteiger charge is 2.58. The van der Waals surface area contributed by atoms with Gasteiger partial charge in [0.15, 0.2) is 6.23 Å². The molecule has 3 saturated heterocycles. The van der Waals surface area contributed by atoms with Crippen LogP contribution in [0.5, 0.6) is 0 Å². The molecule has 0 aromatic carbocycles. The number of aliphatic hydroxyl groups is 3. The van der Waals surface area contributed by atoms with Gasteiger partial charge in [0, 0.05) is 6.54 Å². The number of carbonyl (C=O) groups excluding carboxylic acids is 2. The number of urea groups is 1. The maximum absolute atomic E-state index is 12.8. The Hall–Kier alpha value is -1.76. The van der Waals surface area contributed by atoms with E-state index in [-0.39, 0.29) is 6.54 Å². The Morgan fingerprint density at radius 3 is 2.62 bits per heavy atom. The smallest absolute Gasteiger partial charge is 0.324 e. The van der Waals surface area contributed by atoms with Gasteiger partial charge < -0.3 is 30.3 Å². The summed E-state index contributed by atoms with van der Waals surface area (Å²) in [7, 11) is 0. The van der Waals surface area contributed by atoms with Crippen molar-refractivity contribution in [3.05, 3.63) is 12.7 Å². The molecule has 0 spiro atoms. The molecular formula is C13H21N5O6. The van der Waals surface area contributed by atoms with E-state index in [0.29, 0.717) is 0 Å². The Bertz CT molecular complexity index is 547. The molecule has 3 rings (SSSR count). The molecule has 11 nitrogen and oxygen atoms in total. The van der Waals surface area contributed by atoms with E-state index in [2.05, 4.69) is 17.2 Å². The van der Waals surface area contributed by atoms with Crippen LogP contribution in [0.25, 0.3) is 0 Å². The lowest BCUT2D eigenvalue weighted by molar-refractivity contribution is -0.133. The number of nitrogens with one attached hydrogen (secondary N) is 2. The zero-order chi connectivity index (χ0) is 17.6. The monoisotopic (exact) mass is 343 g/mol. The second-order valence-electron chi connectivity index (χ2n) is 5.90. The number of rotatable bonds is 4. The summed E-state index contributed by atoms with van der Waals surface area (Å²) in [5.74, 6) is -0.448. The van der Waals surface area contributed by atoms with Gasteiger partial charge in [0.05, 0.1) is 6.61 Å². The number of hydrogen-bond acceptors (Lipinski definition) is 8. The molecule has 0 aliphatic carbocycles. The van der Waals surface area contributed by atoms with Crippen molar-refractivity contribution in [1.82, 2.24) is 20.4 Å². The molecule has 0 saturated carbocycles. The number of fused-ring (bicyclic) bond motifs is 1. The fraction of sp³-hybridized carbons (Fsp3) is 0.692. The van der Waals surface area contributed by atoms with Gasteiger partial charge in [-0.15, -0.1) is 6.58 Å². The molecule has 0 aromatic rings. The van der Waals surface area contributed by atoms with Crippen molar-refractivity contribution in [2.24, 2.45) is 5.73 Å². The standard InChI is InChI=1S/C13H21N5O6/c1-2-3-17-6-9(15-12(14)16-10(6)22)18(13(17)23)11-8(21)7(20)5(4-19)24-11/h2,5-9,11-12,15,19-21H,1,3-4,14H2,(H,16,22). The Morgan fingerprint density at radius 1 is 1.33 bits per heavy atom. The van der Waals surface area contributed by atoms with E-state index in [0.717, 1.165) is 4.90 Å². The normalized spacial score (nSPS) is 42.2. The summed E-state index contributed by atoms with van der Waals surface area (Å²) in [5.41, 5.74) is 5.71. The van der Waals surface area contributed by atoms with Crippen LogP contribution >= 0.6 is 0 Å². The third-order valence-electron chi connectivity index (χ3n) is 4.43. The molecule has 3 aliphatic heterocycles. The second kappa shape index (κ2) is 6.27. The van der Waals surface area contributed by atoms with Gasteiger partial charge in [-0.2, -0.15) is 0 Å². The van der Waals surface area contributed by atoms with Crippen LogP contribution in [0.2, 0.25) is 0 Å². The molecule has 24 heavy (non-hydrogen) atoms. The number of aliphatic hydroxyl groups excluding tert-OH is 3. The quantitative estimate of drug-likeness (QED) is 0.282. The van der Waals surface area contributed by atoms with Crippen molar-refractivity contribution >= 4 is 11.9 Å². The Kier molecular flexibility index (Phi) is 4.46. The lowest BCUT2D eigenvalue weighted by Gasteiger charge is -2.37. The van der Waals surface area contributed by atoms with E-state index in [1.807, 2.05) is 0 Å². The molecule has 11 heteroatoms. The average Bonchev–Trinajstić information content (AvgIpc) is 2.96. The fourth-order valence-corrected chi connectivity index (χ4v) is 3.34. The summed E-state index contributed by atoms with van der Waals surface area (Å²) >= 11 is 0. The topological polar surface area (TPSA) is 161 Å². The molecule has 134 valence electrons. The third kappa shape index (κ3) is 2.46. The van der Waals surface area contributed by atoms with Crippen LogP contribution in [0, 0.1) is 0 Å². The van der Waals surface area contributed by atoms with E-state index >= 15 is 0 Å². The van der Waals surface area contributed by atoms with Crippen LogP contribution < -0.4 is 16.4 Å². The number of nitrogens with two attached hydrogens (primary N) is 1. The van der Waals surface area contributed by atoms with Crippen molar-refractivity contribution < 1.29 is 29.6 Å². The number of amides is 3. The minimum atomic E-state index is -1.43. The van der Waals surface area contributed by atoms with Crippen molar-refractivity contribution in [2.45, 2.75) is 43.0 Å². The molecule has 7 atom stereocenters. The van der Waals surface area contributed by atoms with Crippen LogP contribution in [-0.4, -0.2) is 93.2 Å². The molecule has 0 radical (unpaired) electrons. The lowest BCUT2D eigenvalue weighted by atomic mass is 10.1. The number of nitrogens with zero attached hydrogens (tertiary/aromatic N) is 2. The second-order valence-corrected chi connectivity index (χ2v) is 5.90. The number of ether oxygens (including phenoxy) is 1. The largest absolute Gasteiger partial charge is 0.394 e. The van der Waals surface area contributed by atoms with Crippen molar-refractivity contribution in [2.75, 3.05) is 13.2 Å². The zero-order valence-corrected chi connectivity index (χ0v) is 12.8. The van der Waals surface area contributed by atoms with Gasteiger partial charge in [-0.05, 0) is 0 Å². The molecular weight excluding hydrogens is 322 g/mol. The van der Waals surface area contributed by atoms with Crippen LogP contribution in [-0.2, 0) is 9.53 Å². The minimum absolute atomic E-state index is 0.107. The first-order chi connectivity index (χ1) is 11.4. The fourth-order valence-electron chi connectivity index (χ4n) is 3.34. The summed E-state index contributed by atoms with van der Waals surface area (Å²) in [6.45, 7) is 3.16. The van der Waals surface area contributed by atoms with Gasteiger partial charge in [0.25, 0.3) is 0 Å². The van der Waals surface area contributed by atoms with Gasteiger partial charge >= 0.3 is 6.03 Å². The predicted molar refractivity (Wildman–Crippen MR) is 78.7 cm³/mol. The van der Waals surface area contributed by atoms with Gasteiger partial charge in [-0.1, -0.05) is 6.08 Å². The molecule has 3 fully saturated rings. The molecule has 0 bridgehead atoms. The molecule has 3 aliphatic rings. The van der Waals surface area contributed by atoms with Crippen LogP contribution in [0.1, 0.15) is 0 Å². The first-order valence-electron chi connectivity index (χ1n) is 7.55. The highest BCUT2D eigenvalue weighted by molar-refractivity contribution is 5.92. The third-order valence-corrected chi connectivity index (χ3v) is 4.43. The molecule has 0 aromatic heterocycles. The van der Waals surface area contributed by atoms with Crippen molar-refractivity contribution in [1.29, 1.82) is 0 Å². The van der Waals surface area contributed by atoms with Crippen LogP contribution in [0.15, 0.2) is 12.7 Å². The Balaban J connectivity index is 1.93. The summed E-state index contributed by atoms with van der Waals surface area (Å²) in [4.78, 5) is 27.4. The Labute approximate surface area is 137 Å². The molecule has 7 N–H and O–H groups in total. The van der Waals surface area contributed by atoms with E-state index < -0.39 is 61.6 Å². The van der Waals surface area contributed by atoms with E-state index in [4.69, 9.17) is 10.5 Å². The van der Waals surface area contributed by atoms with Crippen LogP contribution in [0.3, 0.4) is 0 Å². The number of hydrogen-bond donors (Lipinski definition) is 6. The summed E-state index contributed by atoms with van der Waals surface area (Å²) < 4.78 is 5.43. The first kappa shape index (κ1) is 17.1. The zero-order valence-electron chi connectivity index (χ0n) is 12.8. The predicted octanol–water partition coefficient (Wildman–Crippen LogP) is -3.99. The van der Waals surface area contributed by atoms with E-state index in [1.165, 1.54) is 11.0 Å². The summed E-state index contributed by atoms with van der Waals surface area (Å²) in [6.07, 6.45) is -5.31. The SMILES string of the molecule is C=CCN1C(=O)N(C2OC(CO)C(O)C2O)C2NC(N)NC(=O)C21. The highest BCUT2D eigenvalue weighted by atomic mass is 16.6. The van der Waals surface area contributed by atoms with E-state index in [1.54, 1.807) is 0 Å². The average molecular weight is 343 g/mol. The van der Waals surface area contributed by atoms with Gasteiger partial charge in [0.2, 0.25) is 5.91 Å². The summed E-state index contributed by atoms with van der Waals surface area (Å²) in [6, 6.07) is -1.46. The maximum Gasteiger partial charge on any atom is 0.324 e. The summed E-state index contributed by atoms with van der Waals surface area (Å²) in [5, 5.41) is 34.7.